The van der Waals surface area contributed by atoms with Crippen molar-refractivity contribution >= 4 is 35.4 Å². The minimum absolute atomic E-state index is 0.0141. The number of halogens is 3. The first kappa shape index (κ1) is 32.7. The maximum Gasteiger partial charge on any atom is 0.416 e. The van der Waals surface area contributed by atoms with Gasteiger partial charge >= 0.3 is 24.1 Å². The highest BCUT2D eigenvalue weighted by atomic mass is 19.4. The molecular weight excluding hydrogens is 565 g/mol. The lowest BCUT2D eigenvalue weighted by Gasteiger charge is -2.08. The zero-order valence-corrected chi connectivity index (χ0v) is 23.4. The molecule has 3 aromatic rings. The summed E-state index contributed by atoms with van der Waals surface area (Å²) >= 11 is 0. The van der Waals surface area contributed by atoms with Crippen molar-refractivity contribution in [2.45, 2.75) is 44.7 Å². The van der Waals surface area contributed by atoms with E-state index in [-0.39, 0.29) is 11.3 Å². The average Bonchev–Trinajstić information content (AvgIpc) is 2.96. The lowest BCUT2D eigenvalue weighted by molar-refractivity contribution is -0.138. The van der Waals surface area contributed by atoms with Crippen molar-refractivity contribution < 1.29 is 41.8 Å². The molecule has 3 aromatic carbocycles. The number of carbonyl (C=O) groups is 3. The van der Waals surface area contributed by atoms with Crippen molar-refractivity contribution in [2.75, 3.05) is 24.7 Å². The summed E-state index contributed by atoms with van der Waals surface area (Å²) in [4.78, 5) is 36.2. The quantitative estimate of drug-likeness (QED) is 0.0678. The van der Waals surface area contributed by atoms with Gasteiger partial charge in [0, 0.05) is 17.5 Å². The van der Waals surface area contributed by atoms with Gasteiger partial charge in [-0.15, -0.1) is 0 Å². The number of carbonyl (C=O) groups excluding carboxylic acids is 3. The molecule has 0 heterocycles. The van der Waals surface area contributed by atoms with Gasteiger partial charge in [-0.25, -0.2) is 14.4 Å². The molecule has 0 aromatic heterocycles. The van der Waals surface area contributed by atoms with Gasteiger partial charge in [0.25, 0.3) is 0 Å². The van der Waals surface area contributed by atoms with Crippen molar-refractivity contribution in [2.24, 2.45) is 0 Å². The number of benzene rings is 3. The van der Waals surface area contributed by atoms with Gasteiger partial charge < -0.3 is 25.7 Å². The van der Waals surface area contributed by atoms with Crippen LogP contribution in [0.1, 0.15) is 70.4 Å². The predicted molar refractivity (Wildman–Crippen MR) is 156 cm³/mol. The molecule has 8 nitrogen and oxygen atoms in total. The fourth-order valence-electron chi connectivity index (χ4n) is 3.95. The zero-order chi connectivity index (χ0) is 31.2. The maximum absolute atomic E-state index is 12.7. The molecule has 0 aliphatic heterocycles. The molecule has 43 heavy (non-hydrogen) atoms. The lowest BCUT2D eigenvalue weighted by Crippen LogP contribution is -2.10. The van der Waals surface area contributed by atoms with Crippen LogP contribution in [0.2, 0.25) is 0 Å². The van der Waals surface area contributed by atoms with E-state index >= 15 is 0 Å². The molecule has 0 atom stereocenters. The van der Waals surface area contributed by atoms with E-state index in [9.17, 15) is 27.6 Å². The maximum atomic E-state index is 12.7. The van der Waals surface area contributed by atoms with Crippen molar-refractivity contribution in [3.05, 3.63) is 95.1 Å². The zero-order valence-electron chi connectivity index (χ0n) is 23.4. The van der Waals surface area contributed by atoms with Crippen LogP contribution >= 0.6 is 0 Å². The number of hydrogen-bond acceptors (Lipinski definition) is 8. The van der Waals surface area contributed by atoms with E-state index in [0.717, 1.165) is 62.8 Å². The summed E-state index contributed by atoms with van der Waals surface area (Å²) in [7, 11) is 0. The van der Waals surface area contributed by atoms with E-state index in [1.807, 2.05) is 0 Å². The lowest BCUT2D eigenvalue weighted by atomic mass is 10.1. The largest absolute Gasteiger partial charge is 0.463 e. The molecule has 0 aliphatic carbocycles. The number of hydrogen-bond donors (Lipinski definition) is 2. The Kier molecular flexibility index (Phi) is 12.2. The number of anilines is 2. The van der Waals surface area contributed by atoms with Crippen LogP contribution < -0.4 is 16.2 Å². The Bertz CT molecular complexity index is 1380. The third-order valence-corrected chi connectivity index (χ3v) is 6.18. The third kappa shape index (κ3) is 11.5. The Hall–Kier alpha value is -4.80. The van der Waals surface area contributed by atoms with Crippen molar-refractivity contribution in [1.82, 2.24) is 0 Å². The van der Waals surface area contributed by atoms with Gasteiger partial charge in [-0.05, 0) is 79.1 Å². The summed E-state index contributed by atoms with van der Waals surface area (Å²) in [6.45, 7) is 0.608. The predicted octanol–water partition coefficient (Wildman–Crippen LogP) is 6.84. The van der Waals surface area contributed by atoms with Crippen molar-refractivity contribution in [3.63, 3.8) is 0 Å². The number of alkyl halides is 3. The van der Waals surface area contributed by atoms with Gasteiger partial charge in [-0.1, -0.05) is 37.8 Å². The SMILES string of the molecule is Nc1cc(N)cc(C(=O)OCCCCCCCCOC(=O)/C=C/c2ccc(OC(=O)c3ccc(C(F)(F)F)cc3)cc2)c1. The Morgan fingerprint density at radius 2 is 1.23 bits per heavy atom. The van der Waals surface area contributed by atoms with Gasteiger partial charge in [-0.2, -0.15) is 13.2 Å². The van der Waals surface area contributed by atoms with Gasteiger partial charge in [0.1, 0.15) is 5.75 Å². The van der Waals surface area contributed by atoms with Crippen LogP contribution in [-0.2, 0) is 20.4 Å². The monoisotopic (exact) mass is 598 g/mol. The second kappa shape index (κ2) is 16.0. The molecule has 0 radical (unpaired) electrons. The number of nitrogens with two attached hydrogens (primary N) is 2. The standard InChI is InChI=1S/C32H33F3N2O6/c33-32(34,35)25-12-10-23(11-13-25)31(40)43-28-14-7-22(8-15-28)9-16-29(38)41-17-5-3-1-2-4-6-18-42-30(39)24-19-26(36)21-27(37)20-24/h7-16,19-21H,1-6,17-18,36-37H2/b16-9+. The van der Waals surface area contributed by atoms with Crippen molar-refractivity contribution in [1.29, 1.82) is 0 Å². The molecule has 0 fully saturated rings. The van der Waals surface area contributed by atoms with Crippen LogP contribution in [0.3, 0.4) is 0 Å². The molecule has 0 spiro atoms. The number of nitrogen functional groups attached to an aromatic ring is 2. The summed E-state index contributed by atoms with van der Waals surface area (Å²) in [5, 5.41) is 0. The smallest absolute Gasteiger partial charge is 0.416 e. The molecule has 0 unspecified atom stereocenters. The summed E-state index contributed by atoms with van der Waals surface area (Å²) in [5.41, 5.74) is 12.3. The van der Waals surface area contributed by atoms with Crippen LogP contribution in [0, 0.1) is 0 Å². The van der Waals surface area contributed by atoms with E-state index in [1.165, 1.54) is 30.3 Å². The van der Waals surface area contributed by atoms with Crippen LogP contribution in [0.5, 0.6) is 5.75 Å². The minimum Gasteiger partial charge on any atom is -0.463 e. The summed E-state index contributed by atoms with van der Waals surface area (Å²) in [6.07, 6.45) is 3.55. The van der Waals surface area contributed by atoms with Crippen LogP contribution in [-0.4, -0.2) is 31.1 Å². The summed E-state index contributed by atoms with van der Waals surface area (Å²) < 4.78 is 53.7. The second-order valence-electron chi connectivity index (χ2n) is 9.68. The Morgan fingerprint density at radius 3 is 1.81 bits per heavy atom. The minimum atomic E-state index is -4.49. The molecule has 228 valence electrons. The van der Waals surface area contributed by atoms with Crippen molar-refractivity contribution in [3.8, 4) is 5.75 Å². The molecule has 0 bridgehead atoms. The third-order valence-electron chi connectivity index (χ3n) is 6.18. The highest BCUT2D eigenvalue weighted by molar-refractivity contribution is 5.92. The van der Waals surface area contributed by atoms with E-state index < -0.39 is 29.6 Å². The fourth-order valence-corrected chi connectivity index (χ4v) is 3.95. The average molecular weight is 599 g/mol. The topological polar surface area (TPSA) is 131 Å². The van der Waals surface area contributed by atoms with E-state index in [2.05, 4.69) is 0 Å². The molecular formula is C32H33F3N2O6. The normalized spacial score (nSPS) is 11.3. The molecule has 0 saturated carbocycles. The highest BCUT2D eigenvalue weighted by Crippen LogP contribution is 2.29. The number of esters is 3. The van der Waals surface area contributed by atoms with Gasteiger partial charge in [0.15, 0.2) is 0 Å². The van der Waals surface area contributed by atoms with E-state index in [4.69, 9.17) is 25.7 Å². The first-order valence-corrected chi connectivity index (χ1v) is 13.7. The van der Waals surface area contributed by atoms with Crippen LogP contribution in [0.25, 0.3) is 6.08 Å². The molecule has 4 N–H and O–H groups in total. The Labute approximate surface area is 247 Å². The molecule has 0 saturated heterocycles. The number of ether oxygens (including phenoxy) is 3. The first-order chi connectivity index (χ1) is 20.5. The first-order valence-electron chi connectivity index (χ1n) is 13.7. The van der Waals surface area contributed by atoms with E-state index in [1.54, 1.807) is 24.3 Å². The summed E-state index contributed by atoms with van der Waals surface area (Å²) in [6, 6.07) is 14.6. The Morgan fingerprint density at radius 1 is 0.674 bits per heavy atom. The molecule has 0 aliphatic rings. The summed E-state index contributed by atoms with van der Waals surface area (Å²) in [5.74, 6) is -1.52. The van der Waals surface area contributed by atoms with E-state index in [0.29, 0.717) is 35.7 Å². The van der Waals surface area contributed by atoms with Crippen LogP contribution in [0.4, 0.5) is 24.5 Å². The molecule has 3 rings (SSSR count). The Balaban J connectivity index is 1.24. The van der Waals surface area contributed by atoms with Gasteiger partial charge in [-0.3, -0.25) is 0 Å². The molecule has 11 heteroatoms. The van der Waals surface area contributed by atoms with Crippen LogP contribution in [0.15, 0.2) is 72.8 Å². The second-order valence-corrected chi connectivity index (χ2v) is 9.68. The van der Waals surface area contributed by atoms with Gasteiger partial charge in [0.2, 0.25) is 0 Å². The highest BCUT2D eigenvalue weighted by Gasteiger charge is 2.30. The fraction of sp³-hybridized carbons (Fsp3) is 0.281. The molecule has 0 amide bonds. The number of rotatable bonds is 14. The number of unbranched alkanes of at least 4 members (excludes halogenated alkanes) is 5. The van der Waals surface area contributed by atoms with Gasteiger partial charge in [0.05, 0.1) is 29.9 Å².